The third-order valence-corrected chi connectivity index (χ3v) is 5.65. The van der Waals surface area contributed by atoms with Crippen LogP contribution in [-0.4, -0.2) is 39.4 Å². The van der Waals surface area contributed by atoms with Gasteiger partial charge in [0, 0.05) is 5.56 Å². The molecule has 0 fully saturated rings. The molecule has 1 aliphatic heterocycles. The van der Waals surface area contributed by atoms with Gasteiger partial charge in [-0.2, -0.15) is 4.98 Å². The van der Waals surface area contributed by atoms with Crippen LogP contribution in [0.3, 0.4) is 0 Å². The minimum atomic E-state index is -1.52. The number of nitrogens with two attached hydrogens (primary N) is 1. The Hall–Kier alpha value is -4.64. The average molecular weight is 479 g/mol. The standard InChI is InChI=1S/C24H19FN4O6/c1-29(18(19(30)21(26)31)15-7-9-16(25)10-8-15)12-11-28-22(32)20(17(23(33)34)27-24(28)29)35-13-14-5-3-2-4-6-14/h2-12,18H,13H2,1H3,(H2-,26,31,33,34)/p+1. The zero-order valence-electron chi connectivity index (χ0n) is 18.4. The summed E-state index contributed by atoms with van der Waals surface area (Å²) in [5.74, 6) is -5.03. The van der Waals surface area contributed by atoms with Crippen LogP contribution in [-0.2, 0) is 16.2 Å². The zero-order chi connectivity index (χ0) is 25.3. The quantitative estimate of drug-likeness (QED) is 0.371. The van der Waals surface area contributed by atoms with E-state index in [-0.39, 0.29) is 18.1 Å². The van der Waals surface area contributed by atoms with Crippen LogP contribution in [0.1, 0.15) is 27.7 Å². The Kier molecular flexibility index (Phi) is 6.01. The molecule has 0 spiro atoms. The van der Waals surface area contributed by atoms with Gasteiger partial charge in [0.1, 0.15) is 18.6 Å². The van der Waals surface area contributed by atoms with Crippen molar-refractivity contribution in [1.82, 2.24) is 14.0 Å². The summed E-state index contributed by atoms with van der Waals surface area (Å²) in [6.45, 7) is -0.0778. The highest BCUT2D eigenvalue weighted by Gasteiger charge is 2.48. The van der Waals surface area contributed by atoms with Crippen LogP contribution >= 0.6 is 0 Å². The van der Waals surface area contributed by atoms with Crippen LogP contribution < -0.4 is 20.5 Å². The van der Waals surface area contributed by atoms with E-state index in [2.05, 4.69) is 4.98 Å². The molecule has 1 aliphatic rings. The van der Waals surface area contributed by atoms with Gasteiger partial charge in [-0.25, -0.2) is 18.2 Å². The fourth-order valence-corrected chi connectivity index (χ4v) is 3.94. The number of amides is 1. The number of fused-ring (bicyclic) bond motifs is 1. The number of hydrogen-bond donors (Lipinski definition) is 2. The van der Waals surface area contributed by atoms with Gasteiger partial charge in [-0.1, -0.05) is 30.3 Å². The second-order valence-corrected chi connectivity index (χ2v) is 7.97. The molecule has 0 bridgehead atoms. The molecule has 2 atom stereocenters. The molecule has 0 saturated heterocycles. The molecule has 10 nitrogen and oxygen atoms in total. The summed E-state index contributed by atoms with van der Waals surface area (Å²) in [6, 6.07) is 12.3. The van der Waals surface area contributed by atoms with Gasteiger partial charge in [0.25, 0.3) is 11.7 Å². The molecule has 2 heterocycles. The van der Waals surface area contributed by atoms with Gasteiger partial charge in [-0.3, -0.25) is 14.4 Å². The fraction of sp³-hybridized carbons (Fsp3) is 0.125. The Labute approximate surface area is 197 Å². The van der Waals surface area contributed by atoms with Crippen molar-refractivity contribution in [3.8, 4) is 5.75 Å². The van der Waals surface area contributed by atoms with Gasteiger partial charge >= 0.3 is 17.5 Å². The Morgan fingerprint density at radius 2 is 1.80 bits per heavy atom. The van der Waals surface area contributed by atoms with Crippen molar-refractivity contribution in [2.24, 2.45) is 5.73 Å². The van der Waals surface area contributed by atoms with Crippen molar-refractivity contribution in [3.63, 3.8) is 0 Å². The highest BCUT2D eigenvalue weighted by Crippen LogP contribution is 2.38. The first kappa shape index (κ1) is 23.5. The minimum Gasteiger partial charge on any atom is -0.481 e. The molecule has 11 heteroatoms. The number of aromatic nitrogens is 2. The maximum absolute atomic E-state index is 13.5. The van der Waals surface area contributed by atoms with E-state index in [1.165, 1.54) is 31.6 Å². The number of quaternary nitrogens is 1. The number of carboxylic acids is 1. The predicted molar refractivity (Wildman–Crippen MR) is 123 cm³/mol. The molecule has 35 heavy (non-hydrogen) atoms. The van der Waals surface area contributed by atoms with E-state index in [9.17, 15) is 28.7 Å². The number of aromatic carboxylic acids is 1. The third-order valence-electron chi connectivity index (χ3n) is 5.65. The van der Waals surface area contributed by atoms with Gasteiger partial charge in [0.05, 0.1) is 13.2 Å². The monoisotopic (exact) mass is 479 g/mol. The molecule has 2 unspecified atom stereocenters. The first-order valence-electron chi connectivity index (χ1n) is 10.3. The molecular formula is C24H20FN4O6+. The van der Waals surface area contributed by atoms with Crippen LogP contribution in [0, 0.1) is 5.82 Å². The summed E-state index contributed by atoms with van der Waals surface area (Å²) in [7, 11) is 1.45. The maximum Gasteiger partial charge on any atom is 0.358 e. The topological polar surface area (TPSA) is 142 Å². The summed E-state index contributed by atoms with van der Waals surface area (Å²) in [5, 5.41) is 9.77. The normalized spacial score (nSPS) is 17.0. The van der Waals surface area contributed by atoms with Gasteiger partial charge in [0.2, 0.25) is 11.4 Å². The van der Waals surface area contributed by atoms with Crippen LogP contribution in [0.4, 0.5) is 10.3 Å². The minimum absolute atomic E-state index is 0.0778. The first-order valence-corrected chi connectivity index (χ1v) is 10.3. The molecule has 0 saturated carbocycles. The summed E-state index contributed by atoms with van der Waals surface area (Å²) < 4.78 is 19.5. The SMILES string of the molecule is C[N+]1(C(C(=O)C(N)=O)c2ccc(F)cc2)C=Cn2c1nc(C(=O)O)c(OCc1ccccc1)c2=O. The molecule has 178 valence electrons. The maximum atomic E-state index is 13.5. The molecule has 0 radical (unpaired) electrons. The van der Waals surface area contributed by atoms with Crippen LogP contribution in [0.25, 0.3) is 6.20 Å². The fourth-order valence-electron chi connectivity index (χ4n) is 3.94. The number of carbonyl (C=O) groups is 3. The summed E-state index contributed by atoms with van der Waals surface area (Å²) in [5.41, 5.74) is 4.72. The molecule has 0 aliphatic carbocycles. The number of benzene rings is 2. The second kappa shape index (κ2) is 8.95. The number of carbonyl (C=O) groups excluding carboxylic acids is 2. The van der Waals surface area contributed by atoms with E-state index in [0.717, 1.165) is 16.7 Å². The highest BCUT2D eigenvalue weighted by atomic mass is 19.1. The molecule has 3 aromatic rings. The van der Waals surface area contributed by atoms with Gasteiger partial charge in [0.15, 0.2) is 6.04 Å². The lowest BCUT2D eigenvalue weighted by atomic mass is 9.99. The number of halogens is 1. The van der Waals surface area contributed by atoms with Crippen LogP contribution in [0.15, 0.2) is 65.6 Å². The number of likely N-dealkylation sites (N-methyl/N-ethyl adjacent to an activating group) is 1. The molecule has 1 amide bonds. The van der Waals surface area contributed by atoms with E-state index in [4.69, 9.17) is 10.5 Å². The highest BCUT2D eigenvalue weighted by molar-refractivity contribution is 6.38. The van der Waals surface area contributed by atoms with E-state index < -0.39 is 51.0 Å². The summed E-state index contributed by atoms with van der Waals surface area (Å²) >= 11 is 0. The van der Waals surface area contributed by atoms with Crippen molar-refractivity contribution in [1.29, 1.82) is 0 Å². The van der Waals surface area contributed by atoms with E-state index in [1.807, 2.05) is 0 Å². The summed E-state index contributed by atoms with van der Waals surface area (Å²) in [6.07, 6.45) is 2.70. The smallest absolute Gasteiger partial charge is 0.358 e. The Morgan fingerprint density at radius 1 is 1.14 bits per heavy atom. The van der Waals surface area contributed by atoms with Crippen molar-refractivity contribution in [2.75, 3.05) is 7.05 Å². The lowest BCUT2D eigenvalue weighted by Gasteiger charge is -2.32. The average Bonchev–Trinajstić information content (AvgIpc) is 3.17. The van der Waals surface area contributed by atoms with Gasteiger partial charge in [-0.05, 0) is 29.8 Å². The van der Waals surface area contributed by atoms with Crippen LogP contribution in [0.5, 0.6) is 5.75 Å². The van der Waals surface area contributed by atoms with Crippen LogP contribution in [0.2, 0.25) is 0 Å². The lowest BCUT2D eigenvalue weighted by Crippen LogP contribution is -2.50. The predicted octanol–water partition coefficient (Wildman–Crippen LogP) is 1.83. The Morgan fingerprint density at radius 3 is 2.40 bits per heavy atom. The number of hydrogen-bond acceptors (Lipinski definition) is 6. The van der Waals surface area contributed by atoms with E-state index in [0.29, 0.717) is 5.56 Å². The Bertz CT molecular complexity index is 1420. The number of rotatable bonds is 8. The largest absolute Gasteiger partial charge is 0.481 e. The number of ketones is 1. The van der Waals surface area contributed by atoms with E-state index in [1.54, 1.807) is 30.3 Å². The third kappa shape index (κ3) is 4.20. The van der Waals surface area contributed by atoms with Crippen molar-refractivity contribution in [3.05, 3.63) is 93.8 Å². The van der Waals surface area contributed by atoms with Crippen molar-refractivity contribution < 1.29 is 28.6 Å². The zero-order valence-corrected chi connectivity index (χ0v) is 18.4. The Balaban J connectivity index is 1.85. The van der Waals surface area contributed by atoms with Crippen molar-refractivity contribution >= 4 is 29.8 Å². The molecule has 4 rings (SSSR count). The summed E-state index contributed by atoms with van der Waals surface area (Å²) in [4.78, 5) is 54.2. The second-order valence-electron chi connectivity index (χ2n) is 7.97. The number of primary amides is 1. The number of nitrogens with zero attached hydrogens (tertiary/aromatic N) is 3. The number of Topliss-reactive ketones (excluding diaryl/α,β-unsaturated/α-hetero) is 1. The van der Waals surface area contributed by atoms with Crippen molar-refractivity contribution in [2.45, 2.75) is 12.6 Å². The molecule has 1 aromatic heterocycles. The van der Waals surface area contributed by atoms with Gasteiger partial charge < -0.3 is 15.6 Å². The first-order chi connectivity index (χ1) is 16.6. The lowest BCUT2D eigenvalue weighted by molar-refractivity contribution is -0.138. The van der Waals surface area contributed by atoms with Gasteiger partial charge in [-0.15, -0.1) is 0 Å². The number of ether oxygens (including phenoxy) is 1. The molecule has 2 aromatic carbocycles. The number of carboxylic acid groups (broad SMARTS) is 1. The molecular weight excluding hydrogens is 459 g/mol. The van der Waals surface area contributed by atoms with E-state index >= 15 is 0 Å². The molecule has 3 N–H and O–H groups in total.